The van der Waals surface area contributed by atoms with Gasteiger partial charge in [-0.05, 0) is 43.4 Å². The second-order valence-electron chi connectivity index (χ2n) is 5.06. The average molecular weight is 266 g/mol. The number of amides is 1. The summed E-state index contributed by atoms with van der Waals surface area (Å²) >= 11 is 5.72. The number of benzene rings is 1. The minimum atomic E-state index is -0.497. The van der Waals surface area contributed by atoms with Crippen molar-refractivity contribution in [1.82, 2.24) is 0 Å². The van der Waals surface area contributed by atoms with Crippen LogP contribution in [0.15, 0.2) is 24.3 Å². The summed E-state index contributed by atoms with van der Waals surface area (Å²) in [4.78, 5) is 11.5. The highest BCUT2D eigenvalue weighted by atomic mass is 35.5. The zero-order valence-corrected chi connectivity index (χ0v) is 11.5. The molecule has 1 aliphatic rings. The summed E-state index contributed by atoms with van der Waals surface area (Å²) in [6.07, 6.45) is 6.65. The van der Waals surface area contributed by atoms with Crippen LogP contribution in [0.1, 0.15) is 50.5 Å². The predicted octanol–water partition coefficient (Wildman–Crippen LogP) is 4.30. The molecule has 1 aromatic rings. The summed E-state index contributed by atoms with van der Waals surface area (Å²) in [5, 5.41) is 2.30. The normalized spacial score (nSPS) is 18.3. The van der Waals surface area contributed by atoms with Crippen LogP contribution in [0.25, 0.3) is 0 Å². The van der Waals surface area contributed by atoms with Crippen molar-refractivity contribution in [3.8, 4) is 0 Å². The molecule has 1 N–H and O–H groups in total. The summed E-state index contributed by atoms with van der Waals surface area (Å²) < 4.78 is 0. The number of anilines is 1. The van der Waals surface area contributed by atoms with E-state index in [0.717, 1.165) is 5.69 Å². The van der Waals surface area contributed by atoms with E-state index in [1.807, 2.05) is 12.1 Å². The van der Waals surface area contributed by atoms with Gasteiger partial charge < -0.3 is 5.32 Å². The average Bonchev–Trinajstić information content (AvgIpc) is 2.40. The van der Waals surface area contributed by atoms with Crippen molar-refractivity contribution in [2.75, 3.05) is 5.32 Å². The number of carbonyl (C=O) groups excluding carboxylic acids is 1. The van der Waals surface area contributed by atoms with E-state index >= 15 is 0 Å². The van der Waals surface area contributed by atoms with Crippen LogP contribution in [0.4, 0.5) is 5.69 Å². The Hall–Kier alpha value is -1.02. The Kier molecular flexibility index (Phi) is 4.65. The van der Waals surface area contributed by atoms with Gasteiger partial charge in [-0.15, -0.1) is 11.6 Å². The van der Waals surface area contributed by atoms with E-state index in [4.69, 9.17) is 11.6 Å². The maximum Gasteiger partial charge on any atom is 0.242 e. The molecule has 1 amide bonds. The van der Waals surface area contributed by atoms with Gasteiger partial charge in [0.05, 0.1) is 0 Å². The van der Waals surface area contributed by atoms with Crippen molar-refractivity contribution in [1.29, 1.82) is 0 Å². The fourth-order valence-electron chi connectivity index (χ4n) is 2.52. The van der Waals surface area contributed by atoms with E-state index in [1.165, 1.54) is 37.7 Å². The Morgan fingerprint density at radius 1 is 1.22 bits per heavy atom. The van der Waals surface area contributed by atoms with Gasteiger partial charge in [0.25, 0.3) is 0 Å². The third-order valence-electron chi connectivity index (χ3n) is 3.62. The monoisotopic (exact) mass is 265 g/mol. The van der Waals surface area contributed by atoms with Gasteiger partial charge in [0.2, 0.25) is 5.91 Å². The number of rotatable bonds is 3. The maximum atomic E-state index is 11.5. The molecule has 0 aliphatic heterocycles. The van der Waals surface area contributed by atoms with Crippen LogP contribution in [0, 0.1) is 0 Å². The Morgan fingerprint density at radius 2 is 1.83 bits per heavy atom. The summed E-state index contributed by atoms with van der Waals surface area (Å²) in [5.41, 5.74) is 2.22. The standard InChI is InChI=1S/C15H20ClNO/c1-11(16)15(18)17-14-9-7-13(8-10-14)12-5-3-2-4-6-12/h7-12H,2-6H2,1H3,(H,17,18)/t11-/m0/s1. The van der Waals surface area contributed by atoms with Crippen LogP contribution < -0.4 is 5.32 Å². The highest BCUT2D eigenvalue weighted by molar-refractivity contribution is 6.32. The van der Waals surface area contributed by atoms with E-state index < -0.39 is 5.38 Å². The molecule has 98 valence electrons. The van der Waals surface area contributed by atoms with Gasteiger partial charge in [-0.3, -0.25) is 4.79 Å². The maximum absolute atomic E-state index is 11.5. The van der Waals surface area contributed by atoms with Crippen LogP contribution in [0.2, 0.25) is 0 Å². The molecule has 1 fully saturated rings. The van der Waals surface area contributed by atoms with E-state index in [0.29, 0.717) is 5.92 Å². The first-order valence-corrected chi connectivity index (χ1v) is 7.15. The molecule has 1 atom stereocenters. The van der Waals surface area contributed by atoms with Crippen LogP contribution in [-0.2, 0) is 4.79 Å². The number of hydrogen-bond acceptors (Lipinski definition) is 1. The van der Waals surface area contributed by atoms with Gasteiger partial charge in [-0.1, -0.05) is 31.4 Å². The SMILES string of the molecule is C[C@H](Cl)C(=O)Nc1ccc(C2CCCCC2)cc1. The number of carbonyl (C=O) groups is 1. The molecule has 3 heteroatoms. The fourth-order valence-corrected chi connectivity index (χ4v) is 2.57. The second kappa shape index (κ2) is 6.24. The third kappa shape index (κ3) is 3.49. The van der Waals surface area contributed by atoms with Crippen molar-refractivity contribution in [3.63, 3.8) is 0 Å². The number of nitrogens with one attached hydrogen (secondary N) is 1. The van der Waals surface area contributed by atoms with Crippen molar-refractivity contribution < 1.29 is 4.79 Å². The number of hydrogen-bond donors (Lipinski definition) is 1. The largest absolute Gasteiger partial charge is 0.325 e. The fraction of sp³-hybridized carbons (Fsp3) is 0.533. The zero-order chi connectivity index (χ0) is 13.0. The third-order valence-corrected chi connectivity index (χ3v) is 3.81. The molecule has 1 aromatic carbocycles. The highest BCUT2D eigenvalue weighted by Crippen LogP contribution is 2.32. The smallest absolute Gasteiger partial charge is 0.242 e. The van der Waals surface area contributed by atoms with Gasteiger partial charge in [-0.2, -0.15) is 0 Å². The Balaban J connectivity index is 1.98. The molecule has 0 unspecified atom stereocenters. The lowest BCUT2D eigenvalue weighted by Gasteiger charge is -2.22. The highest BCUT2D eigenvalue weighted by Gasteiger charge is 2.15. The molecule has 0 radical (unpaired) electrons. The van der Waals surface area contributed by atoms with Crippen molar-refractivity contribution in [2.45, 2.75) is 50.3 Å². The van der Waals surface area contributed by atoms with E-state index in [2.05, 4.69) is 17.4 Å². The molecule has 18 heavy (non-hydrogen) atoms. The topological polar surface area (TPSA) is 29.1 Å². The first kappa shape index (κ1) is 13.4. The van der Waals surface area contributed by atoms with Crippen LogP contribution in [-0.4, -0.2) is 11.3 Å². The van der Waals surface area contributed by atoms with E-state index in [9.17, 15) is 4.79 Å². The molecule has 1 aliphatic carbocycles. The quantitative estimate of drug-likeness (QED) is 0.811. The summed E-state index contributed by atoms with van der Waals surface area (Å²) in [7, 11) is 0. The molecule has 2 rings (SSSR count). The summed E-state index contributed by atoms with van der Waals surface area (Å²) in [5.74, 6) is 0.553. The summed E-state index contributed by atoms with van der Waals surface area (Å²) in [6, 6.07) is 8.21. The van der Waals surface area contributed by atoms with Gasteiger partial charge in [-0.25, -0.2) is 0 Å². The lowest BCUT2D eigenvalue weighted by atomic mass is 9.84. The molecule has 0 aromatic heterocycles. The van der Waals surface area contributed by atoms with Crippen molar-refractivity contribution >= 4 is 23.2 Å². The molecular weight excluding hydrogens is 246 g/mol. The molecule has 0 bridgehead atoms. The number of alkyl halides is 1. The van der Waals surface area contributed by atoms with Gasteiger partial charge in [0.15, 0.2) is 0 Å². The van der Waals surface area contributed by atoms with Crippen LogP contribution in [0.3, 0.4) is 0 Å². The Bertz CT molecular complexity index is 393. The van der Waals surface area contributed by atoms with Crippen molar-refractivity contribution in [3.05, 3.63) is 29.8 Å². The van der Waals surface area contributed by atoms with Gasteiger partial charge in [0, 0.05) is 5.69 Å². The Labute approximate surface area is 114 Å². The second-order valence-corrected chi connectivity index (χ2v) is 5.72. The van der Waals surface area contributed by atoms with E-state index in [-0.39, 0.29) is 5.91 Å². The molecule has 0 heterocycles. The minimum Gasteiger partial charge on any atom is -0.325 e. The summed E-state index contributed by atoms with van der Waals surface area (Å²) in [6.45, 7) is 1.67. The minimum absolute atomic E-state index is 0.151. The zero-order valence-electron chi connectivity index (χ0n) is 10.8. The first-order valence-electron chi connectivity index (χ1n) is 6.71. The van der Waals surface area contributed by atoms with Crippen molar-refractivity contribution in [2.24, 2.45) is 0 Å². The van der Waals surface area contributed by atoms with Crippen LogP contribution >= 0.6 is 11.6 Å². The Morgan fingerprint density at radius 3 is 2.39 bits per heavy atom. The predicted molar refractivity (Wildman–Crippen MR) is 76.2 cm³/mol. The van der Waals surface area contributed by atoms with Crippen LogP contribution in [0.5, 0.6) is 0 Å². The van der Waals surface area contributed by atoms with Gasteiger partial charge >= 0.3 is 0 Å². The van der Waals surface area contributed by atoms with Gasteiger partial charge in [0.1, 0.15) is 5.38 Å². The first-order chi connectivity index (χ1) is 8.66. The molecule has 2 nitrogen and oxygen atoms in total. The lowest BCUT2D eigenvalue weighted by Crippen LogP contribution is -2.20. The lowest BCUT2D eigenvalue weighted by molar-refractivity contribution is -0.115. The molecule has 1 saturated carbocycles. The molecular formula is C15H20ClNO. The molecule has 0 spiro atoms. The molecule has 0 saturated heterocycles. The number of halogens is 1. The van der Waals surface area contributed by atoms with E-state index in [1.54, 1.807) is 6.92 Å².